The van der Waals surface area contributed by atoms with Crippen LogP contribution in [0.15, 0.2) is 0 Å². The van der Waals surface area contributed by atoms with Crippen LogP contribution in [0.5, 0.6) is 0 Å². The number of likely N-dealkylation sites (tertiary alicyclic amines) is 1. The fourth-order valence-corrected chi connectivity index (χ4v) is 3.69. The number of primary amides is 1. The lowest BCUT2D eigenvalue weighted by Crippen LogP contribution is -2.57. The summed E-state index contributed by atoms with van der Waals surface area (Å²) in [7, 11) is 0. The molecule has 0 spiro atoms. The minimum Gasteiger partial charge on any atom is -0.481 e. The Morgan fingerprint density at radius 3 is 2.28 bits per heavy atom. The van der Waals surface area contributed by atoms with Gasteiger partial charge in [0.1, 0.15) is 18.1 Å². The molecule has 14 heteroatoms. The van der Waals surface area contributed by atoms with E-state index in [-0.39, 0.29) is 13.0 Å². The second-order valence-corrected chi connectivity index (χ2v) is 8.29. The van der Waals surface area contributed by atoms with Gasteiger partial charge in [-0.2, -0.15) is 11.8 Å². The fourth-order valence-electron chi connectivity index (χ4n) is 3.20. The molecule has 0 aromatic heterocycles. The third-order valence-electron chi connectivity index (χ3n) is 4.82. The molecule has 4 unspecified atom stereocenters. The number of carboxylic acid groups (broad SMARTS) is 2. The predicted octanol–water partition coefficient (Wildman–Crippen LogP) is -2.54. The van der Waals surface area contributed by atoms with Crippen molar-refractivity contribution < 1.29 is 39.0 Å². The first-order chi connectivity index (χ1) is 15.0. The van der Waals surface area contributed by atoms with Gasteiger partial charge in [0.15, 0.2) is 0 Å². The third-order valence-corrected chi connectivity index (χ3v) is 5.47. The Hall–Kier alpha value is -2.87. The lowest BCUT2D eigenvalue weighted by molar-refractivity contribution is -0.147. The monoisotopic (exact) mass is 475 g/mol. The average molecular weight is 476 g/mol. The molecule has 32 heavy (non-hydrogen) atoms. The van der Waals surface area contributed by atoms with Gasteiger partial charge in [-0.25, -0.2) is 4.79 Å². The van der Waals surface area contributed by atoms with Crippen molar-refractivity contribution in [2.45, 2.75) is 56.3 Å². The second kappa shape index (κ2) is 12.9. The first kappa shape index (κ1) is 27.2. The number of hydrogen-bond donors (Lipinski definition) is 6. The van der Waals surface area contributed by atoms with Gasteiger partial charge in [0.2, 0.25) is 23.6 Å². The van der Waals surface area contributed by atoms with E-state index in [1.807, 2.05) is 6.26 Å². The van der Waals surface area contributed by atoms with Crippen LogP contribution >= 0.6 is 11.8 Å². The number of carbonyl (C=O) groups is 6. The normalized spacial score (nSPS) is 18.3. The number of aliphatic carboxylic acids is 2. The van der Waals surface area contributed by atoms with Crippen LogP contribution in [-0.4, -0.2) is 93.4 Å². The van der Waals surface area contributed by atoms with E-state index in [9.17, 15) is 28.8 Å². The third kappa shape index (κ3) is 8.34. The molecular weight excluding hydrogens is 446 g/mol. The Balaban J connectivity index is 2.94. The van der Waals surface area contributed by atoms with Gasteiger partial charge in [0.25, 0.3) is 0 Å². The number of thioether (sulfide) groups is 1. The highest BCUT2D eigenvalue weighted by Gasteiger charge is 2.39. The standard InChI is InChI=1S/C18H29N5O8S/c1-32-6-4-9(19)15(27)21-10(8-14(25)26)17(29)23-5-2-3-12(23)16(28)22-11(18(30)31)7-13(20)24/h9-12H,2-8,19H2,1H3,(H2,20,24)(H,21,27)(H,22,28)(H,25,26)(H,30,31). The molecule has 1 saturated heterocycles. The van der Waals surface area contributed by atoms with E-state index in [4.69, 9.17) is 21.7 Å². The van der Waals surface area contributed by atoms with Crippen molar-refractivity contribution in [3.8, 4) is 0 Å². The molecule has 0 saturated carbocycles. The second-order valence-electron chi connectivity index (χ2n) is 7.31. The Morgan fingerprint density at radius 1 is 1.09 bits per heavy atom. The van der Waals surface area contributed by atoms with Gasteiger partial charge < -0.3 is 37.2 Å². The van der Waals surface area contributed by atoms with E-state index >= 15 is 0 Å². The van der Waals surface area contributed by atoms with Crippen molar-refractivity contribution in [3.05, 3.63) is 0 Å². The van der Waals surface area contributed by atoms with E-state index in [0.717, 1.165) is 4.90 Å². The summed E-state index contributed by atoms with van der Waals surface area (Å²) in [5.41, 5.74) is 10.8. The highest BCUT2D eigenvalue weighted by Crippen LogP contribution is 2.20. The quantitative estimate of drug-likeness (QED) is 0.164. The van der Waals surface area contributed by atoms with Gasteiger partial charge in [-0.3, -0.25) is 24.0 Å². The topological polar surface area (TPSA) is 222 Å². The van der Waals surface area contributed by atoms with Crippen molar-refractivity contribution >= 4 is 47.3 Å². The number of nitrogens with zero attached hydrogens (tertiary/aromatic N) is 1. The maximum absolute atomic E-state index is 13.0. The largest absolute Gasteiger partial charge is 0.481 e. The Bertz CT molecular complexity index is 749. The first-order valence-corrected chi connectivity index (χ1v) is 11.3. The molecule has 4 amide bonds. The van der Waals surface area contributed by atoms with Gasteiger partial charge in [-0.05, 0) is 31.3 Å². The van der Waals surface area contributed by atoms with E-state index in [1.54, 1.807) is 0 Å². The maximum atomic E-state index is 13.0. The molecule has 0 radical (unpaired) electrons. The number of nitrogens with two attached hydrogens (primary N) is 2. The van der Waals surface area contributed by atoms with Gasteiger partial charge >= 0.3 is 11.9 Å². The lowest BCUT2D eigenvalue weighted by atomic mass is 10.1. The van der Waals surface area contributed by atoms with Gasteiger partial charge in [0, 0.05) is 6.54 Å². The first-order valence-electron chi connectivity index (χ1n) is 9.86. The SMILES string of the molecule is CSCCC(N)C(=O)NC(CC(=O)O)C(=O)N1CCCC1C(=O)NC(CC(N)=O)C(=O)O. The van der Waals surface area contributed by atoms with Crippen LogP contribution < -0.4 is 22.1 Å². The number of amides is 4. The van der Waals surface area contributed by atoms with Crippen molar-refractivity contribution in [2.24, 2.45) is 11.5 Å². The van der Waals surface area contributed by atoms with Crippen molar-refractivity contribution in [2.75, 3.05) is 18.6 Å². The summed E-state index contributed by atoms with van der Waals surface area (Å²) in [4.78, 5) is 72.5. The molecule has 1 heterocycles. The predicted molar refractivity (Wildman–Crippen MR) is 113 cm³/mol. The van der Waals surface area contributed by atoms with Crippen molar-refractivity contribution in [1.82, 2.24) is 15.5 Å². The smallest absolute Gasteiger partial charge is 0.326 e. The van der Waals surface area contributed by atoms with Crippen LogP contribution in [0.4, 0.5) is 0 Å². The van der Waals surface area contributed by atoms with E-state index in [0.29, 0.717) is 18.6 Å². The van der Waals surface area contributed by atoms with Crippen LogP contribution in [0.2, 0.25) is 0 Å². The summed E-state index contributed by atoms with van der Waals surface area (Å²) >= 11 is 1.47. The number of rotatable bonds is 13. The molecule has 8 N–H and O–H groups in total. The summed E-state index contributed by atoms with van der Waals surface area (Å²) in [6.07, 6.45) is 1.40. The van der Waals surface area contributed by atoms with Crippen molar-refractivity contribution in [3.63, 3.8) is 0 Å². The Kier molecular flexibility index (Phi) is 10.9. The number of nitrogens with one attached hydrogen (secondary N) is 2. The summed E-state index contributed by atoms with van der Waals surface area (Å²) in [6.45, 7) is 0.106. The average Bonchev–Trinajstić information content (AvgIpc) is 3.19. The van der Waals surface area contributed by atoms with Gasteiger partial charge in [-0.1, -0.05) is 0 Å². The van der Waals surface area contributed by atoms with Crippen LogP contribution in [0.3, 0.4) is 0 Å². The molecular formula is C18H29N5O8S. The molecule has 1 aliphatic heterocycles. The summed E-state index contributed by atoms with van der Waals surface area (Å²) in [5.74, 6) is -5.45. The minimum absolute atomic E-state index is 0.106. The van der Waals surface area contributed by atoms with E-state index < -0.39 is 72.6 Å². The zero-order valence-corrected chi connectivity index (χ0v) is 18.4. The zero-order valence-electron chi connectivity index (χ0n) is 17.6. The highest BCUT2D eigenvalue weighted by atomic mass is 32.2. The Morgan fingerprint density at radius 2 is 1.75 bits per heavy atom. The molecule has 4 atom stereocenters. The van der Waals surface area contributed by atoms with E-state index in [1.165, 1.54) is 11.8 Å². The highest BCUT2D eigenvalue weighted by molar-refractivity contribution is 7.98. The van der Waals surface area contributed by atoms with Crippen LogP contribution in [-0.2, 0) is 28.8 Å². The zero-order chi connectivity index (χ0) is 24.4. The number of hydrogen-bond acceptors (Lipinski definition) is 8. The minimum atomic E-state index is -1.57. The van der Waals surface area contributed by atoms with Gasteiger partial charge in [0.05, 0.1) is 18.9 Å². The maximum Gasteiger partial charge on any atom is 0.326 e. The molecule has 0 aromatic rings. The lowest BCUT2D eigenvalue weighted by Gasteiger charge is -2.29. The summed E-state index contributed by atoms with van der Waals surface area (Å²) in [5, 5.41) is 22.8. The molecule has 180 valence electrons. The molecule has 1 aliphatic rings. The summed E-state index contributed by atoms with van der Waals surface area (Å²) in [6, 6.07) is -5.04. The van der Waals surface area contributed by atoms with Crippen LogP contribution in [0, 0.1) is 0 Å². The van der Waals surface area contributed by atoms with Crippen LogP contribution in [0.1, 0.15) is 32.1 Å². The van der Waals surface area contributed by atoms with Crippen LogP contribution in [0.25, 0.3) is 0 Å². The molecule has 0 bridgehead atoms. The molecule has 0 aromatic carbocycles. The Labute approximate surface area is 188 Å². The molecule has 1 fully saturated rings. The van der Waals surface area contributed by atoms with E-state index in [2.05, 4.69) is 10.6 Å². The van der Waals surface area contributed by atoms with Crippen molar-refractivity contribution in [1.29, 1.82) is 0 Å². The molecule has 1 rings (SSSR count). The molecule has 13 nitrogen and oxygen atoms in total. The number of carbonyl (C=O) groups excluding carboxylic acids is 4. The molecule has 0 aliphatic carbocycles. The van der Waals surface area contributed by atoms with Gasteiger partial charge in [-0.15, -0.1) is 0 Å². The fraction of sp³-hybridized carbons (Fsp3) is 0.667. The number of carboxylic acids is 2. The summed E-state index contributed by atoms with van der Waals surface area (Å²) < 4.78 is 0.